The molecular formula is C9H12N4. The van der Waals surface area contributed by atoms with Gasteiger partial charge in [-0.3, -0.25) is 0 Å². The molecular weight excluding hydrogens is 164 g/mol. The fraction of sp³-hybridized carbons (Fsp3) is 0.333. The maximum atomic E-state index is 4.27. The van der Waals surface area contributed by atoms with Crippen LogP contribution in [0.15, 0.2) is 18.6 Å². The molecule has 0 atom stereocenters. The first-order valence-corrected chi connectivity index (χ1v) is 4.13. The number of nitrogens with zero attached hydrogens (tertiary/aromatic N) is 4. The van der Waals surface area contributed by atoms with Gasteiger partial charge in [0.15, 0.2) is 0 Å². The minimum Gasteiger partial charge on any atom is -0.363 e. The van der Waals surface area contributed by atoms with E-state index in [1.807, 2.05) is 36.7 Å². The Kier molecular flexibility index (Phi) is 1.69. The van der Waals surface area contributed by atoms with Gasteiger partial charge in [0.1, 0.15) is 11.3 Å². The van der Waals surface area contributed by atoms with E-state index in [1.54, 1.807) is 12.5 Å². The highest BCUT2D eigenvalue weighted by Crippen LogP contribution is 2.15. The molecule has 0 N–H and O–H groups in total. The Bertz CT molecular complexity index is 430. The molecule has 0 bridgehead atoms. The van der Waals surface area contributed by atoms with Crippen LogP contribution in [0.25, 0.3) is 11.0 Å². The zero-order valence-electron chi connectivity index (χ0n) is 8.02. The van der Waals surface area contributed by atoms with Crippen LogP contribution >= 0.6 is 0 Å². The zero-order valence-corrected chi connectivity index (χ0v) is 8.02. The van der Waals surface area contributed by atoms with Gasteiger partial charge in [0, 0.05) is 27.2 Å². The largest absolute Gasteiger partial charge is 0.363 e. The molecule has 2 aromatic rings. The van der Waals surface area contributed by atoms with Gasteiger partial charge in [-0.15, -0.1) is 0 Å². The minimum absolute atomic E-state index is 0.938. The lowest BCUT2D eigenvalue weighted by Gasteiger charge is -2.10. The van der Waals surface area contributed by atoms with Crippen LogP contribution in [0.5, 0.6) is 0 Å². The molecule has 0 saturated carbocycles. The van der Waals surface area contributed by atoms with Crippen molar-refractivity contribution in [3.63, 3.8) is 0 Å². The molecule has 0 amide bonds. The molecule has 0 unspecified atom stereocenters. The Morgan fingerprint density at radius 3 is 2.77 bits per heavy atom. The number of fused-ring (bicyclic) bond motifs is 1. The second kappa shape index (κ2) is 2.73. The number of pyridine rings is 1. The highest BCUT2D eigenvalue weighted by Gasteiger charge is 2.02. The summed E-state index contributed by atoms with van der Waals surface area (Å²) in [6.07, 6.45) is 3.59. The Hall–Kier alpha value is -1.58. The van der Waals surface area contributed by atoms with Crippen LogP contribution in [-0.2, 0) is 7.05 Å². The highest BCUT2D eigenvalue weighted by atomic mass is 15.1. The third kappa shape index (κ3) is 1.24. The Labute approximate surface area is 76.8 Å². The number of anilines is 1. The normalized spacial score (nSPS) is 10.7. The molecule has 0 fully saturated rings. The average molecular weight is 176 g/mol. The van der Waals surface area contributed by atoms with Crippen LogP contribution in [-0.4, -0.2) is 28.6 Å². The maximum Gasteiger partial charge on any atom is 0.130 e. The lowest BCUT2D eigenvalue weighted by atomic mass is 10.4. The molecule has 0 spiro atoms. The van der Waals surface area contributed by atoms with Crippen LogP contribution in [0.1, 0.15) is 0 Å². The molecule has 2 heterocycles. The van der Waals surface area contributed by atoms with E-state index >= 15 is 0 Å². The summed E-state index contributed by atoms with van der Waals surface area (Å²) >= 11 is 0. The predicted molar refractivity (Wildman–Crippen MR) is 52.8 cm³/mol. The predicted octanol–water partition coefficient (Wildman–Crippen LogP) is 1.03. The smallest absolute Gasteiger partial charge is 0.130 e. The van der Waals surface area contributed by atoms with Gasteiger partial charge in [0.25, 0.3) is 0 Å². The third-order valence-corrected chi connectivity index (χ3v) is 2.06. The second-order valence-corrected chi connectivity index (χ2v) is 3.28. The molecule has 4 nitrogen and oxygen atoms in total. The van der Waals surface area contributed by atoms with Gasteiger partial charge in [-0.25, -0.2) is 9.97 Å². The highest BCUT2D eigenvalue weighted by molar-refractivity contribution is 5.77. The molecule has 0 saturated heterocycles. The van der Waals surface area contributed by atoms with E-state index in [2.05, 4.69) is 9.97 Å². The number of hydrogen-bond acceptors (Lipinski definition) is 3. The number of rotatable bonds is 1. The van der Waals surface area contributed by atoms with E-state index in [0.717, 1.165) is 16.9 Å². The van der Waals surface area contributed by atoms with Gasteiger partial charge < -0.3 is 9.47 Å². The molecule has 68 valence electrons. The van der Waals surface area contributed by atoms with Crippen molar-refractivity contribution in [2.75, 3.05) is 19.0 Å². The molecule has 2 rings (SSSR count). The number of aryl methyl sites for hydroxylation is 1. The Morgan fingerprint density at radius 1 is 1.31 bits per heavy atom. The maximum absolute atomic E-state index is 4.27. The molecule has 0 aliphatic rings. The lowest BCUT2D eigenvalue weighted by Crippen LogP contribution is -2.10. The number of hydrogen-bond donors (Lipinski definition) is 0. The van der Waals surface area contributed by atoms with E-state index in [4.69, 9.17) is 0 Å². The minimum atomic E-state index is 0.938. The summed E-state index contributed by atoms with van der Waals surface area (Å²) < 4.78 is 1.99. The molecule has 0 aromatic carbocycles. The molecule has 0 aliphatic heterocycles. The van der Waals surface area contributed by atoms with Crippen molar-refractivity contribution < 1.29 is 0 Å². The van der Waals surface area contributed by atoms with E-state index < -0.39 is 0 Å². The van der Waals surface area contributed by atoms with E-state index in [-0.39, 0.29) is 0 Å². The standard InChI is InChI=1S/C9H12N4/c1-12(2)9-4-8-7(5-10-9)11-6-13(8)3/h4-6H,1-3H3. The SMILES string of the molecule is CN(C)c1cc2c(cn1)ncn2C. The molecule has 2 aromatic heterocycles. The summed E-state index contributed by atoms with van der Waals surface area (Å²) in [5, 5.41) is 0. The molecule has 13 heavy (non-hydrogen) atoms. The first-order chi connectivity index (χ1) is 6.18. The number of imidazole rings is 1. The van der Waals surface area contributed by atoms with Crippen molar-refractivity contribution in [1.29, 1.82) is 0 Å². The summed E-state index contributed by atoms with van der Waals surface area (Å²) in [7, 11) is 5.93. The zero-order chi connectivity index (χ0) is 9.42. The van der Waals surface area contributed by atoms with Crippen LogP contribution < -0.4 is 4.90 Å². The van der Waals surface area contributed by atoms with Crippen LogP contribution in [0.2, 0.25) is 0 Å². The summed E-state index contributed by atoms with van der Waals surface area (Å²) in [5.41, 5.74) is 2.05. The molecule has 0 radical (unpaired) electrons. The second-order valence-electron chi connectivity index (χ2n) is 3.28. The first-order valence-electron chi connectivity index (χ1n) is 4.13. The Morgan fingerprint density at radius 2 is 2.08 bits per heavy atom. The third-order valence-electron chi connectivity index (χ3n) is 2.06. The number of aromatic nitrogens is 3. The lowest BCUT2D eigenvalue weighted by molar-refractivity contribution is 0.946. The summed E-state index contributed by atoms with van der Waals surface area (Å²) in [5.74, 6) is 0.955. The Balaban J connectivity index is 2.66. The fourth-order valence-electron chi connectivity index (χ4n) is 1.26. The first kappa shape index (κ1) is 8.04. The van der Waals surface area contributed by atoms with Gasteiger partial charge in [0.05, 0.1) is 18.0 Å². The van der Waals surface area contributed by atoms with E-state index in [1.165, 1.54) is 0 Å². The summed E-state index contributed by atoms with van der Waals surface area (Å²) in [4.78, 5) is 10.4. The van der Waals surface area contributed by atoms with Gasteiger partial charge in [-0.2, -0.15) is 0 Å². The quantitative estimate of drug-likeness (QED) is 0.651. The van der Waals surface area contributed by atoms with E-state index in [0.29, 0.717) is 0 Å². The van der Waals surface area contributed by atoms with Gasteiger partial charge in [-0.05, 0) is 0 Å². The monoisotopic (exact) mass is 176 g/mol. The topological polar surface area (TPSA) is 34.0 Å². The molecule has 4 heteroatoms. The van der Waals surface area contributed by atoms with Crippen LogP contribution in [0.3, 0.4) is 0 Å². The summed E-state index contributed by atoms with van der Waals surface area (Å²) in [6, 6.07) is 2.03. The van der Waals surface area contributed by atoms with Crippen molar-refractivity contribution in [2.45, 2.75) is 0 Å². The van der Waals surface area contributed by atoms with Crippen molar-refractivity contribution in [2.24, 2.45) is 7.05 Å². The van der Waals surface area contributed by atoms with Gasteiger partial charge >= 0.3 is 0 Å². The van der Waals surface area contributed by atoms with Gasteiger partial charge in [0.2, 0.25) is 0 Å². The molecule has 0 aliphatic carbocycles. The van der Waals surface area contributed by atoms with E-state index in [9.17, 15) is 0 Å². The van der Waals surface area contributed by atoms with Crippen molar-refractivity contribution in [3.8, 4) is 0 Å². The van der Waals surface area contributed by atoms with Crippen molar-refractivity contribution in [3.05, 3.63) is 18.6 Å². The fourth-order valence-corrected chi connectivity index (χ4v) is 1.26. The van der Waals surface area contributed by atoms with Crippen LogP contribution in [0, 0.1) is 0 Å². The summed E-state index contributed by atoms with van der Waals surface area (Å²) in [6.45, 7) is 0. The van der Waals surface area contributed by atoms with Crippen molar-refractivity contribution in [1.82, 2.24) is 14.5 Å². The van der Waals surface area contributed by atoms with Crippen molar-refractivity contribution >= 4 is 16.9 Å². The van der Waals surface area contributed by atoms with Gasteiger partial charge in [-0.1, -0.05) is 0 Å². The average Bonchev–Trinajstić information content (AvgIpc) is 2.47. The van der Waals surface area contributed by atoms with Crippen LogP contribution in [0.4, 0.5) is 5.82 Å².